The predicted octanol–water partition coefficient (Wildman–Crippen LogP) is 0.822. The molecule has 1 aliphatic heterocycles. The SMILES string of the molecule is Nc1ccc(C2=C(C(=O)O)CN(C(=O)O)C2)c(F)c1N. The summed E-state index contributed by atoms with van der Waals surface area (Å²) in [5, 5.41) is 18.0. The Bertz CT molecular complexity index is 642. The number of hydrogen-bond acceptors (Lipinski definition) is 4. The molecule has 1 heterocycles. The van der Waals surface area contributed by atoms with Crippen LogP contribution in [0, 0.1) is 5.82 Å². The van der Waals surface area contributed by atoms with E-state index in [1.807, 2.05) is 0 Å². The molecule has 6 N–H and O–H groups in total. The van der Waals surface area contributed by atoms with Gasteiger partial charge in [-0.1, -0.05) is 0 Å². The normalized spacial score (nSPS) is 14.8. The summed E-state index contributed by atoms with van der Waals surface area (Å²) in [5.41, 5.74) is 10.6. The Morgan fingerprint density at radius 1 is 1.20 bits per heavy atom. The number of rotatable bonds is 2. The molecule has 0 saturated carbocycles. The number of carbonyl (C=O) groups is 2. The molecule has 7 nitrogen and oxygen atoms in total. The van der Waals surface area contributed by atoms with Crippen LogP contribution >= 0.6 is 0 Å². The molecule has 0 atom stereocenters. The van der Waals surface area contributed by atoms with E-state index in [0.29, 0.717) is 0 Å². The van der Waals surface area contributed by atoms with Crippen LogP contribution in [0.2, 0.25) is 0 Å². The van der Waals surface area contributed by atoms with Gasteiger partial charge in [0.15, 0.2) is 5.82 Å². The standard InChI is InChI=1S/C12H12FN3O4/c13-9-5(1-2-8(14)10(9)15)6-3-16(12(19)20)4-7(6)11(17)18/h1-2H,3-4,14-15H2,(H,17,18)(H,19,20). The molecule has 0 unspecified atom stereocenters. The lowest BCUT2D eigenvalue weighted by molar-refractivity contribution is -0.132. The average Bonchev–Trinajstić information content (AvgIpc) is 2.81. The van der Waals surface area contributed by atoms with Crippen molar-refractivity contribution >= 4 is 29.0 Å². The maximum Gasteiger partial charge on any atom is 0.407 e. The Kier molecular flexibility index (Phi) is 3.23. The second-order valence-corrected chi connectivity index (χ2v) is 4.33. The topological polar surface area (TPSA) is 130 Å². The number of carboxylic acids is 1. The van der Waals surface area contributed by atoms with Crippen LogP contribution in [0.5, 0.6) is 0 Å². The van der Waals surface area contributed by atoms with Crippen molar-refractivity contribution in [1.82, 2.24) is 4.90 Å². The number of anilines is 2. The van der Waals surface area contributed by atoms with Crippen molar-refractivity contribution < 1.29 is 24.2 Å². The van der Waals surface area contributed by atoms with Gasteiger partial charge in [-0.05, 0) is 17.7 Å². The zero-order chi connectivity index (χ0) is 15.0. The Hall–Kier alpha value is -2.77. The van der Waals surface area contributed by atoms with Gasteiger partial charge in [-0.25, -0.2) is 14.0 Å². The zero-order valence-corrected chi connectivity index (χ0v) is 10.3. The Labute approximate surface area is 112 Å². The van der Waals surface area contributed by atoms with Crippen LogP contribution in [0.4, 0.5) is 20.6 Å². The molecule has 0 saturated heterocycles. The third-order valence-electron chi connectivity index (χ3n) is 3.13. The lowest BCUT2D eigenvalue weighted by Crippen LogP contribution is -2.28. The van der Waals surface area contributed by atoms with Gasteiger partial charge in [-0.2, -0.15) is 0 Å². The van der Waals surface area contributed by atoms with E-state index in [-0.39, 0.29) is 41.2 Å². The van der Waals surface area contributed by atoms with Gasteiger partial charge in [-0.3, -0.25) is 4.90 Å². The molecule has 106 valence electrons. The summed E-state index contributed by atoms with van der Waals surface area (Å²) in [6.07, 6.45) is -1.28. The van der Waals surface area contributed by atoms with Crippen molar-refractivity contribution in [2.24, 2.45) is 0 Å². The lowest BCUT2D eigenvalue weighted by Gasteiger charge is -2.12. The number of nitrogen functional groups attached to an aromatic ring is 2. The largest absolute Gasteiger partial charge is 0.478 e. The fourth-order valence-corrected chi connectivity index (χ4v) is 2.05. The van der Waals surface area contributed by atoms with E-state index in [4.69, 9.17) is 21.7 Å². The number of nitrogens with zero attached hydrogens (tertiary/aromatic N) is 1. The van der Waals surface area contributed by atoms with E-state index >= 15 is 0 Å². The van der Waals surface area contributed by atoms with Crippen LogP contribution in [-0.4, -0.2) is 40.3 Å². The van der Waals surface area contributed by atoms with Crippen LogP contribution in [0.1, 0.15) is 5.56 Å². The quantitative estimate of drug-likeness (QED) is 0.594. The molecule has 1 aliphatic rings. The van der Waals surface area contributed by atoms with Gasteiger partial charge < -0.3 is 21.7 Å². The molecular weight excluding hydrogens is 269 g/mol. The summed E-state index contributed by atoms with van der Waals surface area (Å²) in [4.78, 5) is 23.0. The highest BCUT2D eigenvalue weighted by Crippen LogP contribution is 2.32. The third kappa shape index (κ3) is 2.11. The predicted molar refractivity (Wildman–Crippen MR) is 69.4 cm³/mol. The van der Waals surface area contributed by atoms with E-state index < -0.39 is 17.9 Å². The van der Waals surface area contributed by atoms with E-state index in [0.717, 1.165) is 4.90 Å². The van der Waals surface area contributed by atoms with Gasteiger partial charge in [0.2, 0.25) is 0 Å². The highest BCUT2D eigenvalue weighted by molar-refractivity contribution is 6.00. The van der Waals surface area contributed by atoms with Crippen LogP contribution in [-0.2, 0) is 4.79 Å². The fourth-order valence-electron chi connectivity index (χ4n) is 2.05. The van der Waals surface area contributed by atoms with Crippen LogP contribution < -0.4 is 11.5 Å². The van der Waals surface area contributed by atoms with Crippen LogP contribution in [0.15, 0.2) is 17.7 Å². The van der Waals surface area contributed by atoms with Crippen molar-refractivity contribution in [3.05, 3.63) is 29.1 Å². The first-order valence-electron chi connectivity index (χ1n) is 5.60. The minimum atomic E-state index is -1.29. The molecule has 0 fully saturated rings. The zero-order valence-electron chi connectivity index (χ0n) is 10.3. The smallest absolute Gasteiger partial charge is 0.407 e. The highest BCUT2D eigenvalue weighted by Gasteiger charge is 2.31. The number of halogens is 1. The fraction of sp³-hybridized carbons (Fsp3) is 0.167. The maximum absolute atomic E-state index is 14.1. The van der Waals surface area contributed by atoms with Gasteiger partial charge in [0.05, 0.1) is 30.0 Å². The lowest BCUT2D eigenvalue weighted by atomic mass is 10.0. The molecule has 0 radical (unpaired) electrons. The summed E-state index contributed by atoms with van der Waals surface area (Å²) < 4.78 is 14.1. The molecule has 0 aromatic heterocycles. The number of aliphatic carboxylic acids is 1. The summed E-state index contributed by atoms with van der Waals surface area (Å²) in [7, 11) is 0. The van der Waals surface area contributed by atoms with Gasteiger partial charge in [0.25, 0.3) is 0 Å². The minimum Gasteiger partial charge on any atom is -0.478 e. The number of benzene rings is 1. The molecule has 0 aliphatic carbocycles. The molecule has 1 amide bonds. The molecule has 1 aromatic carbocycles. The van der Waals surface area contributed by atoms with Crippen molar-refractivity contribution in [3.8, 4) is 0 Å². The van der Waals surface area contributed by atoms with Crippen molar-refractivity contribution in [2.45, 2.75) is 0 Å². The van der Waals surface area contributed by atoms with E-state index in [1.54, 1.807) is 0 Å². The second-order valence-electron chi connectivity index (χ2n) is 4.33. The van der Waals surface area contributed by atoms with E-state index in [1.165, 1.54) is 12.1 Å². The molecular formula is C12H12FN3O4. The maximum atomic E-state index is 14.1. The summed E-state index contributed by atoms with van der Waals surface area (Å²) in [5.74, 6) is -2.13. The number of amides is 1. The summed E-state index contributed by atoms with van der Waals surface area (Å²) in [6.45, 7) is -0.513. The monoisotopic (exact) mass is 281 g/mol. The van der Waals surface area contributed by atoms with Crippen molar-refractivity contribution in [1.29, 1.82) is 0 Å². The van der Waals surface area contributed by atoms with Gasteiger partial charge in [0.1, 0.15) is 0 Å². The molecule has 8 heteroatoms. The van der Waals surface area contributed by atoms with Crippen molar-refractivity contribution in [2.75, 3.05) is 24.6 Å². The Morgan fingerprint density at radius 3 is 2.40 bits per heavy atom. The molecule has 0 spiro atoms. The first-order valence-corrected chi connectivity index (χ1v) is 5.60. The molecule has 2 rings (SSSR count). The Morgan fingerprint density at radius 2 is 1.85 bits per heavy atom. The van der Waals surface area contributed by atoms with Crippen LogP contribution in [0.25, 0.3) is 5.57 Å². The first kappa shape index (κ1) is 13.7. The van der Waals surface area contributed by atoms with Crippen LogP contribution in [0.3, 0.4) is 0 Å². The average molecular weight is 281 g/mol. The summed E-state index contributed by atoms with van der Waals surface area (Å²) >= 11 is 0. The molecule has 1 aromatic rings. The molecule has 20 heavy (non-hydrogen) atoms. The minimum absolute atomic E-state index is 0.0387. The van der Waals surface area contributed by atoms with E-state index in [9.17, 15) is 14.0 Å². The van der Waals surface area contributed by atoms with E-state index in [2.05, 4.69) is 0 Å². The first-order chi connectivity index (χ1) is 9.32. The number of hydrogen-bond donors (Lipinski definition) is 4. The highest BCUT2D eigenvalue weighted by atomic mass is 19.1. The van der Waals surface area contributed by atoms with Crippen molar-refractivity contribution in [3.63, 3.8) is 0 Å². The third-order valence-corrected chi connectivity index (χ3v) is 3.13. The number of nitrogens with two attached hydrogens (primary N) is 2. The van der Waals surface area contributed by atoms with Gasteiger partial charge in [0, 0.05) is 5.56 Å². The summed E-state index contributed by atoms with van der Waals surface area (Å²) in [6, 6.07) is 2.65. The molecule has 0 bridgehead atoms. The van der Waals surface area contributed by atoms with Gasteiger partial charge in [-0.15, -0.1) is 0 Å². The van der Waals surface area contributed by atoms with Gasteiger partial charge >= 0.3 is 12.1 Å². The number of carboxylic acid groups (broad SMARTS) is 2. The Balaban J connectivity index is 2.54. The second kappa shape index (κ2) is 4.72.